The summed E-state index contributed by atoms with van der Waals surface area (Å²) >= 11 is 0. The first-order valence-electron chi connectivity index (χ1n) is 5.13. The molecule has 0 saturated heterocycles. The van der Waals surface area contributed by atoms with E-state index in [1.165, 1.54) is 0 Å². The van der Waals surface area contributed by atoms with Gasteiger partial charge in [0.05, 0.1) is 0 Å². The third-order valence-corrected chi connectivity index (χ3v) is 2.22. The smallest absolute Gasteiger partial charge is 0.141 e. The Balaban J connectivity index is 4.34. The van der Waals surface area contributed by atoms with Gasteiger partial charge in [0.1, 0.15) is 5.78 Å². The summed E-state index contributed by atoms with van der Waals surface area (Å²) in [6.07, 6.45) is 4.79. The van der Waals surface area contributed by atoms with Crippen molar-refractivity contribution >= 4 is 5.78 Å². The van der Waals surface area contributed by atoms with Gasteiger partial charge < -0.3 is 0 Å². The Morgan fingerprint density at radius 1 is 1.43 bits per heavy atom. The van der Waals surface area contributed by atoms with Crippen molar-refractivity contribution in [2.75, 3.05) is 0 Å². The highest BCUT2D eigenvalue weighted by Gasteiger charge is 2.27. The lowest BCUT2D eigenvalue weighted by molar-refractivity contribution is -0.130. The summed E-state index contributed by atoms with van der Waals surface area (Å²) < 4.78 is 0. The average Bonchev–Trinajstić information content (AvgIpc) is 2.01. The summed E-state index contributed by atoms with van der Waals surface area (Å²) in [5, 5.41) is 0. The summed E-state index contributed by atoms with van der Waals surface area (Å²) in [5.41, 5.74) is 0.776. The molecule has 0 aliphatic rings. The predicted octanol–water partition coefficient (Wildman–Crippen LogP) is 3.76. The molecule has 14 heavy (non-hydrogen) atoms. The van der Waals surface area contributed by atoms with Crippen molar-refractivity contribution in [1.82, 2.24) is 0 Å². The quantitative estimate of drug-likeness (QED) is 0.609. The number of hydrogen-bond donors (Lipinski definition) is 0. The van der Waals surface area contributed by atoms with Crippen LogP contribution in [-0.4, -0.2) is 5.78 Å². The van der Waals surface area contributed by atoms with Crippen molar-refractivity contribution in [1.29, 1.82) is 0 Å². The van der Waals surface area contributed by atoms with Crippen LogP contribution in [0.3, 0.4) is 0 Å². The molecule has 1 heteroatoms. The van der Waals surface area contributed by atoms with Crippen LogP contribution in [0.5, 0.6) is 0 Å². The molecule has 0 aromatic heterocycles. The van der Waals surface area contributed by atoms with Gasteiger partial charge in [0.2, 0.25) is 0 Å². The normalized spacial score (nSPS) is 12.4. The zero-order valence-electron chi connectivity index (χ0n) is 10.1. The lowest BCUT2D eigenvalue weighted by atomic mass is 9.79. The van der Waals surface area contributed by atoms with Crippen LogP contribution in [0.2, 0.25) is 0 Å². The molecular weight excluding hydrogens is 172 g/mol. The van der Waals surface area contributed by atoms with Crippen molar-refractivity contribution in [3.8, 4) is 0 Å². The molecule has 0 unspecified atom stereocenters. The molecule has 1 nitrogen and oxygen atoms in total. The Morgan fingerprint density at radius 3 is 2.29 bits per heavy atom. The van der Waals surface area contributed by atoms with Gasteiger partial charge >= 0.3 is 0 Å². The Morgan fingerprint density at radius 2 is 1.93 bits per heavy atom. The molecule has 80 valence electrons. The molecule has 0 N–H and O–H groups in total. The lowest BCUT2D eigenvalue weighted by Crippen LogP contribution is -2.27. The average molecular weight is 194 g/mol. The fourth-order valence-electron chi connectivity index (χ4n) is 1.44. The van der Waals surface area contributed by atoms with E-state index in [2.05, 4.69) is 6.58 Å². The van der Waals surface area contributed by atoms with Crippen LogP contribution >= 0.6 is 0 Å². The van der Waals surface area contributed by atoms with E-state index in [1.807, 2.05) is 46.8 Å². The standard InChI is InChI=1S/C13H22O/c1-10(2)8-7-9-13(5,6)12(14)11(3)4/h7-8,11H,1,9H2,2-6H3. The minimum atomic E-state index is -0.250. The highest BCUT2D eigenvalue weighted by atomic mass is 16.1. The molecule has 0 aliphatic carbocycles. The van der Waals surface area contributed by atoms with Crippen LogP contribution in [0.1, 0.15) is 41.0 Å². The third kappa shape index (κ3) is 4.40. The Labute approximate surface area is 87.9 Å². The monoisotopic (exact) mass is 194 g/mol. The molecule has 0 aliphatic heterocycles. The van der Waals surface area contributed by atoms with Crippen LogP contribution in [0.25, 0.3) is 0 Å². The van der Waals surface area contributed by atoms with E-state index in [0.29, 0.717) is 5.78 Å². The SMILES string of the molecule is C=C(C)C=CCC(C)(C)C(=O)C(C)C. The van der Waals surface area contributed by atoms with E-state index in [4.69, 9.17) is 0 Å². The van der Waals surface area contributed by atoms with Crippen LogP contribution in [-0.2, 0) is 4.79 Å². The molecule has 0 atom stereocenters. The van der Waals surface area contributed by atoms with Gasteiger partial charge in [-0.2, -0.15) is 0 Å². The van der Waals surface area contributed by atoms with Crippen molar-refractivity contribution in [3.05, 3.63) is 24.3 Å². The first kappa shape index (κ1) is 13.2. The maximum Gasteiger partial charge on any atom is 0.141 e. The topological polar surface area (TPSA) is 17.1 Å². The van der Waals surface area contributed by atoms with Crippen molar-refractivity contribution in [3.63, 3.8) is 0 Å². The minimum Gasteiger partial charge on any atom is -0.299 e. The molecule has 0 spiro atoms. The molecule has 0 aromatic carbocycles. The summed E-state index contributed by atoms with van der Waals surface area (Å²) in [7, 11) is 0. The van der Waals surface area contributed by atoms with Crippen LogP contribution in [0.15, 0.2) is 24.3 Å². The minimum absolute atomic E-state index is 0.114. The first-order chi connectivity index (χ1) is 6.27. The molecule has 0 saturated carbocycles. The number of allylic oxidation sites excluding steroid dienone is 3. The van der Waals surface area contributed by atoms with E-state index in [0.717, 1.165) is 12.0 Å². The van der Waals surface area contributed by atoms with E-state index in [-0.39, 0.29) is 11.3 Å². The van der Waals surface area contributed by atoms with Crippen LogP contribution in [0, 0.1) is 11.3 Å². The van der Waals surface area contributed by atoms with Gasteiger partial charge in [-0.05, 0) is 13.3 Å². The largest absolute Gasteiger partial charge is 0.299 e. The van der Waals surface area contributed by atoms with Gasteiger partial charge in [0, 0.05) is 11.3 Å². The number of rotatable bonds is 5. The Hall–Kier alpha value is -0.850. The van der Waals surface area contributed by atoms with E-state index >= 15 is 0 Å². The summed E-state index contributed by atoms with van der Waals surface area (Å²) in [4.78, 5) is 11.8. The second-order valence-electron chi connectivity index (χ2n) is 4.86. The molecule has 0 heterocycles. The zero-order valence-corrected chi connectivity index (χ0v) is 10.1. The van der Waals surface area contributed by atoms with E-state index in [9.17, 15) is 4.79 Å². The molecule has 0 fully saturated rings. The number of hydrogen-bond acceptors (Lipinski definition) is 1. The van der Waals surface area contributed by atoms with Crippen molar-refractivity contribution in [2.45, 2.75) is 41.0 Å². The molecule has 0 bridgehead atoms. The van der Waals surface area contributed by atoms with E-state index in [1.54, 1.807) is 0 Å². The molecule has 0 rings (SSSR count). The van der Waals surface area contributed by atoms with Gasteiger partial charge in [-0.25, -0.2) is 0 Å². The summed E-state index contributed by atoms with van der Waals surface area (Å²) in [6.45, 7) is 13.6. The Bertz CT molecular complexity index is 244. The molecular formula is C13H22O. The first-order valence-corrected chi connectivity index (χ1v) is 5.13. The fourth-order valence-corrected chi connectivity index (χ4v) is 1.44. The second kappa shape index (κ2) is 5.14. The number of Topliss-reactive ketones (excluding diaryl/α,β-unsaturated/α-hetero) is 1. The van der Waals surface area contributed by atoms with Gasteiger partial charge in [-0.3, -0.25) is 4.79 Å². The molecule has 0 amide bonds. The van der Waals surface area contributed by atoms with E-state index < -0.39 is 0 Å². The fraction of sp³-hybridized carbons (Fsp3) is 0.615. The van der Waals surface area contributed by atoms with Gasteiger partial charge in [-0.1, -0.05) is 52.0 Å². The van der Waals surface area contributed by atoms with Gasteiger partial charge in [0.25, 0.3) is 0 Å². The zero-order chi connectivity index (χ0) is 11.4. The summed E-state index contributed by atoms with van der Waals surface area (Å²) in [6, 6.07) is 0. The maximum absolute atomic E-state index is 11.8. The number of carbonyl (C=O) groups excluding carboxylic acids is 1. The highest BCUT2D eigenvalue weighted by molar-refractivity contribution is 5.85. The van der Waals surface area contributed by atoms with Crippen LogP contribution < -0.4 is 0 Å². The van der Waals surface area contributed by atoms with Gasteiger partial charge in [0.15, 0.2) is 0 Å². The molecule has 0 aromatic rings. The Kier molecular flexibility index (Phi) is 4.82. The highest BCUT2D eigenvalue weighted by Crippen LogP contribution is 2.26. The van der Waals surface area contributed by atoms with Crippen LogP contribution in [0.4, 0.5) is 0 Å². The third-order valence-electron chi connectivity index (χ3n) is 2.22. The predicted molar refractivity (Wildman–Crippen MR) is 62.2 cm³/mol. The second-order valence-corrected chi connectivity index (χ2v) is 4.86. The number of ketones is 1. The lowest BCUT2D eigenvalue weighted by Gasteiger charge is -2.23. The number of carbonyl (C=O) groups is 1. The van der Waals surface area contributed by atoms with Crippen molar-refractivity contribution in [2.24, 2.45) is 11.3 Å². The maximum atomic E-state index is 11.8. The van der Waals surface area contributed by atoms with Gasteiger partial charge in [-0.15, -0.1) is 0 Å². The van der Waals surface area contributed by atoms with Crippen molar-refractivity contribution < 1.29 is 4.79 Å². The summed E-state index contributed by atoms with van der Waals surface area (Å²) in [5.74, 6) is 0.437. The molecule has 0 radical (unpaired) electrons.